The maximum absolute atomic E-state index is 12.3. The minimum absolute atomic E-state index is 0.0404. The van der Waals surface area contributed by atoms with Crippen LogP contribution in [0.25, 0.3) is 11.8 Å². The highest BCUT2D eigenvalue weighted by molar-refractivity contribution is 6.02. The molecule has 0 bridgehead atoms. The van der Waals surface area contributed by atoms with Crippen LogP contribution in [0.5, 0.6) is 5.75 Å². The van der Waals surface area contributed by atoms with Gasteiger partial charge in [-0.15, -0.1) is 0 Å². The van der Waals surface area contributed by atoms with Crippen LogP contribution in [0.1, 0.15) is 17.0 Å². The minimum Gasteiger partial charge on any atom is -0.479 e. The first-order valence-electron chi connectivity index (χ1n) is 8.79. The van der Waals surface area contributed by atoms with Gasteiger partial charge in [-0.05, 0) is 44.2 Å². The summed E-state index contributed by atoms with van der Waals surface area (Å²) in [6, 6.07) is 18.7. The fraction of sp³-hybridized carbons (Fsp3) is 0.136. The molecule has 3 rings (SSSR count). The van der Waals surface area contributed by atoms with Gasteiger partial charge in [-0.25, -0.2) is 4.68 Å². The number of anilines is 1. The van der Waals surface area contributed by atoms with Gasteiger partial charge in [0.25, 0.3) is 0 Å². The maximum atomic E-state index is 12.3. The first kappa shape index (κ1) is 18.9. The standard InChI is InChI=1S/C22H20N4O2/c1-16-21(17(2)26(25-16)19-8-4-3-5-9-19)11-12-22(27)24-18-7-6-10-20(15-18)28-14-13-23/h3-12,15H,14H2,1-2H3,(H,24,27)/b12-11+. The Morgan fingerprint density at radius 3 is 2.75 bits per heavy atom. The van der Waals surface area contributed by atoms with E-state index in [0.717, 1.165) is 22.6 Å². The average molecular weight is 372 g/mol. The molecule has 0 saturated heterocycles. The molecule has 1 heterocycles. The van der Waals surface area contributed by atoms with Gasteiger partial charge < -0.3 is 10.1 Å². The van der Waals surface area contributed by atoms with Crippen LogP contribution in [-0.4, -0.2) is 22.3 Å². The predicted molar refractivity (Wildman–Crippen MR) is 108 cm³/mol. The Bertz CT molecular complexity index is 1050. The summed E-state index contributed by atoms with van der Waals surface area (Å²) in [5.41, 5.74) is 4.28. The second kappa shape index (κ2) is 8.69. The zero-order chi connectivity index (χ0) is 19.9. The molecule has 0 radical (unpaired) electrons. The molecule has 0 unspecified atom stereocenters. The van der Waals surface area contributed by atoms with Crippen LogP contribution in [0.15, 0.2) is 60.7 Å². The van der Waals surface area contributed by atoms with Crippen molar-refractivity contribution < 1.29 is 9.53 Å². The molecule has 1 aromatic heterocycles. The van der Waals surface area contributed by atoms with Gasteiger partial charge in [-0.1, -0.05) is 24.3 Å². The Kier molecular flexibility index (Phi) is 5.87. The van der Waals surface area contributed by atoms with Crippen molar-refractivity contribution in [1.29, 1.82) is 5.26 Å². The van der Waals surface area contributed by atoms with E-state index in [9.17, 15) is 4.79 Å². The molecule has 1 amide bonds. The Balaban J connectivity index is 1.73. The summed E-state index contributed by atoms with van der Waals surface area (Å²) in [5, 5.41) is 15.9. The normalized spacial score (nSPS) is 10.6. The molecule has 140 valence electrons. The van der Waals surface area contributed by atoms with E-state index < -0.39 is 0 Å². The quantitative estimate of drug-likeness (QED) is 0.662. The zero-order valence-corrected chi connectivity index (χ0v) is 15.7. The van der Waals surface area contributed by atoms with Crippen LogP contribution >= 0.6 is 0 Å². The van der Waals surface area contributed by atoms with Crippen LogP contribution < -0.4 is 10.1 Å². The molecule has 0 atom stereocenters. The number of nitrogens with one attached hydrogen (secondary N) is 1. The van der Waals surface area contributed by atoms with Crippen LogP contribution in [0.3, 0.4) is 0 Å². The number of aromatic nitrogens is 2. The third-order valence-electron chi connectivity index (χ3n) is 4.15. The number of carbonyl (C=O) groups is 1. The number of para-hydroxylation sites is 1. The molecule has 6 heteroatoms. The SMILES string of the molecule is Cc1nn(-c2ccccc2)c(C)c1/C=C/C(=O)Nc1cccc(OCC#N)c1. The van der Waals surface area contributed by atoms with Gasteiger partial charge in [0.15, 0.2) is 6.61 Å². The van der Waals surface area contributed by atoms with Crippen molar-refractivity contribution in [3.05, 3.63) is 77.6 Å². The molecule has 0 aliphatic carbocycles. The Labute approximate surface area is 163 Å². The molecular weight excluding hydrogens is 352 g/mol. The average Bonchev–Trinajstić information content (AvgIpc) is 2.99. The number of ether oxygens (including phenoxy) is 1. The summed E-state index contributed by atoms with van der Waals surface area (Å²) in [6.07, 6.45) is 3.25. The van der Waals surface area contributed by atoms with Crippen molar-refractivity contribution in [1.82, 2.24) is 9.78 Å². The number of hydrogen-bond donors (Lipinski definition) is 1. The number of nitriles is 1. The highest BCUT2D eigenvalue weighted by Crippen LogP contribution is 2.20. The topological polar surface area (TPSA) is 79.9 Å². The Morgan fingerprint density at radius 2 is 2.00 bits per heavy atom. The molecule has 2 aromatic carbocycles. The van der Waals surface area contributed by atoms with Crippen molar-refractivity contribution in [2.24, 2.45) is 0 Å². The third kappa shape index (κ3) is 4.46. The molecule has 0 saturated carbocycles. The van der Waals surface area contributed by atoms with E-state index in [2.05, 4.69) is 10.4 Å². The smallest absolute Gasteiger partial charge is 0.248 e. The fourth-order valence-electron chi connectivity index (χ4n) is 2.84. The highest BCUT2D eigenvalue weighted by atomic mass is 16.5. The molecule has 3 aromatic rings. The molecular formula is C22H20N4O2. The number of hydrogen-bond acceptors (Lipinski definition) is 4. The van der Waals surface area contributed by atoms with Crippen LogP contribution in [0, 0.1) is 25.2 Å². The van der Waals surface area contributed by atoms with Gasteiger partial charge in [-0.3, -0.25) is 4.79 Å². The van der Waals surface area contributed by atoms with Crippen molar-refractivity contribution in [2.75, 3.05) is 11.9 Å². The van der Waals surface area contributed by atoms with Crippen LogP contribution in [0.2, 0.25) is 0 Å². The summed E-state index contributed by atoms with van der Waals surface area (Å²) < 4.78 is 7.11. The molecule has 28 heavy (non-hydrogen) atoms. The number of amides is 1. The van der Waals surface area contributed by atoms with Gasteiger partial charge in [0, 0.05) is 29.1 Å². The monoisotopic (exact) mass is 372 g/mol. The van der Waals surface area contributed by atoms with E-state index >= 15 is 0 Å². The second-order valence-electron chi connectivity index (χ2n) is 6.13. The summed E-state index contributed by atoms with van der Waals surface area (Å²) in [4.78, 5) is 12.3. The zero-order valence-electron chi connectivity index (χ0n) is 15.7. The van der Waals surface area contributed by atoms with Gasteiger partial charge in [0.1, 0.15) is 11.8 Å². The van der Waals surface area contributed by atoms with Crippen molar-refractivity contribution >= 4 is 17.7 Å². The second-order valence-corrected chi connectivity index (χ2v) is 6.13. The number of carbonyl (C=O) groups excluding carboxylic acids is 1. The van der Waals surface area contributed by atoms with Crippen molar-refractivity contribution in [3.63, 3.8) is 0 Å². The minimum atomic E-state index is -0.260. The van der Waals surface area contributed by atoms with Gasteiger partial charge in [-0.2, -0.15) is 10.4 Å². The molecule has 1 N–H and O–H groups in total. The lowest BCUT2D eigenvalue weighted by Gasteiger charge is -2.06. The lowest BCUT2D eigenvalue weighted by molar-refractivity contribution is -0.111. The molecule has 0 aliphatic heterocycles. The number of aryl methyl sites for hydroxylation is 1. The van der Waals surface area contributed by atoms with Crippen LogP contribution in [0.4, 0.5) is 5.69 Å². The molecule has 0 fully saturated rings. The Morgan fingerprint density at radius 1 is 1.21 bits per heavy atom. The van der Waals surface area contributed by atoms with Gasteiger partial charge in [0.2, 0.25) is 5.91 Å². The first-order chi connectivity index (χ1) is 13.6. The van der Waals surface area contributed by atoms with Crippen molar-refractivity contribution in [3.8, 4) is 17.5 Å². The molecule has 0 aliphatic rings. The van der Waals surface area contributed by atoms with E-state index in [1.165, 1.54) is 6.08 Å². The fourth-order valence-corrected chi connectivity index (χ4v) is 2.84. The van der Waals surface area contributed by atoms with E-state index in [4.69, 9.17) is 10.00 Å². The van der Waals surface area contributed by atoms with Crippen LogP contribution in [-0.2, 0) is 4.79 Å². The first-order valence-corrected chi connectivity index (χ1v) is 8.79. The van der Waals surface area contributed by atoms with Gasteiger partial charge in [0.05, 0.1) is 11.4 Å². The lowest BCUT2D eigenvalue weighted by Crippen LogP contribution is -2.08. The van der Waals surface area contributed by atoms with E-state index in [1.54, 1.807) is 30.3 Å². The van der Waals surface area contributed by atoms with Crippen molar-refractivity contribution in [2.45, 2.75) is 13.8 Å². The third-order valence-corrected chi connectivity index (χ3v) is 4.15. The summed E-state index contributed by atoms with van der Waals surface area (Å²) in [7, 11) is 0. The number of benzene rings is 2. The highest BCUT2D eigenvalue weighted by Gasteiger charge is 2.10. The molecule has 6 nitrogen and oxygen atoms in total. The summed E-state index contributed by atoms with van der Waals surface area (Å²) >= 11 is 0. The number of nitrogens with zero attached hydrogens (tertiary/aromatic N) is 3. The lowest BCUT2D eigenvalue weighted by atomic mass is 10.2. The number of rotatable bonds is 6. The maximum Gasteiger partial charge on any atom is 0.248 e. The molecule has 0 spiro atoms. The van der Waals surface area contributed by atoms with E-state index in [-0.39, 0.29) is 12.5 Å². The van der Waals surface area contributed by atoms with Gasteiger partial charge >= 0.3 is 0 Å². The largest absolute Gasteiger partial charge is 0.479 e. The van der Waals surface area contributed by atoms with E-state index in [1.807, 2.05) is 54.9 Å². The predicted octanol–water partition coefficient (Wildman–Crippen LogP) is 4.04. The van der Waals surface area contributed by atoms with E-state index in [0.29, 0.717) is 11.4 Å². The Hall–Kier alpha value is -3.85. The summed E-state index contributed by atoms with van der Waals surface area (Å²) in [5.74, 6) is 0.267. The summed E-state index contributed by atoms with van der Waals surface area (Å²) in [6.45, 7) is 3.85.